The van der Waals surface area contributed by atoms with Crippen LogP contribution in [0.1, 0.15) is 39.7 Å². The van der Waals surface area contributed by atoms with Crippen molar-refractivity contribution in [3.8, 4) is 16.9 Å². The van der Waals surface area contributed by atoms with Crippen LogP contribution in [0, 0.1) is 11.6 Å². The number of ether oxygens (including phenoxy) is 2. The van der Waals surface area contributed by atoms with Crippen molar-refractivity contribution in [3.63, 3.8) is 0 Å². The Hall–Kier alpha value is -4.53. The molecule has 8 heteroatoms. The standard InChI is InChI=1S/C34H32F2N2O4/c1-2-40-13-12-24-7-3-4-9-32(24)41-21-23-15-26-17-28(20-38-34(39)29-11-10-27(35)18-31(29)36)42-33(26)30(16-23)25-8-5-6-22(14-25)19-37/h3-11,14-18H,2,12-13,19-21,37H2,1H3,(H,38,39). The molecule has 0 aliphatic heterocycles. The molecule has 216 valence electrons. The SMILES string of the molecule is CCOCCc1ccccc1OCc1cc(-c2cccc(CN)c2)c2oc(CNC(=O)c3ccc(F)cc3F)cc2c1. The molecule has 0 aliphatic rings. The quantitative estimate of drug-likeness (QED) is 0.159. The zero-order chi connectivity index (χ0) is 29.5. The molecular formula is C34H32F2N2O4. The smallest absolute Gasteiger partial charge is 0.254 e. The molecule has 0 bridgehead atoms. The summed E-state index contributed by atoms with van der Waals surface area (Å²) in [7, 11) is 0. The molecule has 4 aromatic carbocycles. The number of nitrogens with two attached hydrogens (primary N) is 1. The van der Waals surface area contributed by atoms with Crippen LogP contribution in [0.4, 0.5) is 8.78 Å². The maximum absolute atomic E-state index is 14.1. The largest absolute Gasteiger partial charge is 0.489 e. The van der Waals surface area contributed by atoms with Gasteiger partial charge in [0.15, 0.2) is 0 Å². The highest BCUT2D eigenvalue weighted by molar-refractivity contribution is 5.95. The Bertz CT molecular complexity index is 1700. The van der Waals surface area contributed by atoms with Gasteiger partial charge in [0.25, 0.3) is 5.91 Å². The van der Waals surface area contributed by atoms with Gasteiger partial charge in [-0.25, -0.2) is 8.78 Å². The Labute approximate surface area is 243 Å². The van der Waals surface area contributed by atoms with Crippen molar-refractivity contribution in [2.45, 2.75) is 33.0 Å². The number of fused-ring (bicyclic) bond motifs is 1. The van der Waals surface area contributed by atoms with Crippen LogP contribution in [0.2, 0.25) is 0 Å². The highest BCUT2D eigenvalue weighted by atomic mass is 19.1. The number of halogens is 2. The number of hydrogen-bond donors (Lipinski definition) is 2. The molecule has 1 amide bonds. The molecule has 3 N–H and O–H groups in total. The molecule has 0 atom stereocenters. The first-order chi connectivity index (χ1) is 20.4. The van der Waals surface area contributed by atoms with E-state index in [9.17, 15) is 13.6 Å². The van der Waals surface area contributed by atoms with Crippen LogP contribution in [-0.2, 0) is 30.9 Å². The minimum Gasteiger partial charge on any atom is -0.489 e. The molecule has 6 nitrogen and oxygen atoms in total. The van der Waals surface area contributed by atoms with E-state index < -0.39 is 17.5 Å². The van der Waals surface area contributed by atoms with Gasteiger partial charge in [0, 0.05) is 30.2 Å². The summed E-state index contributed by atoms with van der Waals surface area (Å²) in [5, 5.41) is 3.48. The monoisotopic (exact) mass is 570 g/mol. The maximum Gasteiger partial charge on any atom is 0.254 e. The summed E-state index contributed by atoms with van der Waals surface area (Å²) in [5.41, 5.74) is 11.1. The van der Waals surface area contributed by atoms with Gasteiger partial charge in [-0.3, -0.25) is 4.79 Å². The van der Waals surface area contributed by atoms with Gasteiger partial charge in [0.05, 0.1) is 18.7 Å². The summed E-state index contributed by atoms with van der Waals surface area (Å²) in [6.07, 6.45) is 0.749. The van der Waals surface area contributed by atoms with Crippen LogP contribution in [0.25, 0.3) is 22.1 Å². The van der Waals surface area contributed by atoms with Gasteiger partial charge in [0.1, 0.15) is 35.3 Å². The van der Waals surface area contributed by atoms with Gasteiger partial charge in [-0.05, 0) is 78.1 Å². The molecule has 0 unspecified atom stereocenters. The highest BCUT2D eigenvalue weighted by Crippen LogP contribution is 2.34. The van der Waals surface area contributed by atoms with E-state index in [0.717, 1.165) is 57.5 Å². The predicted molar refractivity (Wildman–Crippen MR) is 158 cm³/mol. The molecule has 1 aromatic heterocycles. The molecule has 5 rings (SSSR count). The van der Waals surface area contributed by atoms with Gasteiger partial charge >= 0.3 is 0 Å². The van der Waals surface area contributed by atoms with Crippen LogP contribution >= 0.6 is 0 Å². The maximum atomic E-state index is 14.1. The van der Waals surface area contributed by atoms with Gasteiger partial charge in [-0.15, -0.1) is 0 Å². The van der Waals surface area contributed by atoms with E-state index in [2.05, 4.69) is 5.32 Å². The molecule has 0 saturated heterocycles. The second-order valence-electron chi connectivity index (χ2n) is 9.83. The fourth-order valence-corrected chi connectivity index (χ4v) is 4.79. The predicted octanol–water partition coefficient (Wildman–Crippen LogP) is 6.92. The summed E-state index contributed by atoms with van der Waals surface area (Å²) in [4.78, 5) is 12.6. The number of hydrogen-bond acceptors (Lipinski definition) is 5. The molecule has 0 saturated carbocycles. The van der Waals surface area contributed by atoms with Crippen molar-refractivity contribution >= 4 is 16.9 Å². The Balaban J connectivity index is 1.42. The number of benzene rings is 4. The number of para-hydroxylation sites is 1. The van der Waals surface area contributed by atoms with E-state index in [-0.39, 0.29) is 12.1 Å². The summed E-state index contributed by atoms with van der Waals surface area (Å²) in [6.45, 7) is 3.99. The van der Waals surface area contributed by atoms with Crippen molar-refractivity contribution in [2.75, 3.05) is 13.2 Å². The first-order valence-electron chi connectivity index (χ1n) is 13.8. The van der Waals surface area contributed by atoms with E-state index >= 15 is 0 Å². The molecule has 42 heavy (non-hydrogen) atoms. The van der Waals surface area contributed by atoms with Crippen LogP contribution in [0.3, 0.4) is 0 Å². The average Bonchev–Trinajstić information content (AvgIpc) is 3.42. The second-order valence-corrected chi connectivity index (χ2v) is 9.83. The molecule has 0 fully saturated rings. The molecule has 1 heterocycles. The van der Waals surface area contributed by atoms with Crippen LogP contribution < -0.4 is 15.8 Å². The van der Waals surface area contributed by atoms with Crippen molar-refractivity contribution in [1.82, 2.24) is 5.32 Å². The van der Waals surface area contributed by atoms with E-state index in [1.54, 1.807) is 0 Å². The van der Waals surface area contributed by atoms with Gasteiger partial charge in [-0.2, -0.15) is 0 Å². The minimum absolute atomic E-state index is 0.0195. The zero-order valence-electron chi connectivity index (χ0n) is 23.3. The number of carbonyl (C=O) groups excluding carboxylic acids is 1. The molecular weight excluding hydrogens is 538 g/mol. The molecule has 0 aliphatic carbocycles. The molecule has 0 spiro atoms. The lowest BCUT2D eigenvalue weighted by Gasteiger charge is -2.13. The van der Waals surface area contributed by atoms with E-state index in [1.165, 1.54) is 0 Å². The van der Waals surface area contributed by atoms with Gasteiger partial charge in [0.2, 0.25) is 0 Å². The Morgan fingerprint density at radius 3 is 2.62 bits per heavy atom. The topological polar surface area (TPSA) is 86.7 Å². The minimum atomic E-state index is -0.928. The number of amides is 1. The lowest BCUT2D eigenvalue weighted by molar-refractivity contribution is 0.0944. The number of carbonyl (C=O) groups is 1. The third kappa shape index (κ3) is 6.84. The van der Waals surface area contributed by atoms with Crippen molar-refractivity contribution in [2.24, 2.45) is 5.73 Å². The van der Waals surface area contributed by atoms with E-state index in [4.69, 9.17) is 19.6 Å². The summed E-state index contributed by atoms with van der Waals surface area (Å²) in [6, 6.07) is 24.5. The lowest BCUT2D eigenvalue weighted by atomic mass is 9.99. The van der Waals surface area contributed by atoms with Gasteiger partial charge in [-0.1, -0.05) is 36.4 Å². The molecule has 0 radical (unpaired) electrons. The number of nitrogens with one attached hydrogen (secondary N) is 1. The van der Waals surface area contributed by atoms with Crippen molar-refractivity contribution in [1.29, 1.82) is 0 Å². The van der Waals surface area contributed by atoms with Crippen LogP contribution in [-0.4, -0.2) is 19.1 Å². The summed E-state index contributed by atoms with van der Waals surface area (Å²) < 4.78 is 45.3. The van der Waals surface area contributed by atoms with Gasteiger partial charge < -0.3 is 24.9 Å². The zero-order valence-corrected chi connectivity index (χ0v) is 23.3. The van der Waals surface area contributed by atoms with Crippen LogP contribution in [0.5, 0.6) is 5.75 Å². The first-order valence-corrected chi connectivity index (χ1v) is 13.8. The number of furan rings is 1. The third-order valence-corrected chi connectivity index (χ3v) is 6.89. The highest BCUT2D eigenvalue weighted by Gasteiger charge is 2.16. The fourth-order valence-electron chi connectivity index (χ4n) is 4.79. The van der Waals surface area contributed by atoms with Crippen molar-refractivity contribution < 1.29 is 27.5 Å². The Morgan fingerprint density at radius 1 is 0.952 bits per heavy atom. The Morgan fingerprint density at radius 2 is 1.81 bits per heavy atom. The second kappa shape index (κ2) is 13.4. The van der Waals surface area contributed by atoms with Crippen LogP contribution in [0.15, 0.2) is 89.3 Å². The number of rotatable bonds is 12. The Kier molecular flexibility index (Phi) is 9.26. The normalized spacial score (nSPS) is 11.1. The lowest BCUT2D eigenvalue weighted by Crippen LogP contribution is -2.23. The molecule has 5 aromatic rings. The average molecular weight is 571 g/mol. The van der Waals surface area contributed by atoms with E-state index in [0.29, 0.717) is 43.8 Å². The first kappa shape index (κ1) is 29.0. The summed E-state index contributed by atoms with van der Waals surface area (Å²) >= 11 is 0. The van der Waals surface area contributed by atoms with Crippen molar-refractivity contribution in [3.05, 3.63) is 125 Å². The summed E-state index contributed by atoms with van der Waals surface area (Å²) in [5.74, 6) is -1.06. The fraction of sp³-hybridized carbons (Fsp3) is 0.206. The van der Waals surface area contributed by atoms with E-state index in [1.807, 2.05) is 73.7 Å². The third-order valence-electron chi connectivity index (χ3n) is 6.89.